The van der Waals surface area contributed by atoms with Gasteiger partial charge in [-0.1, -0.05) is 82.7 Å². The summed E-state index contributed by atoms with van der Waals surface area (Å²) in [7, 11) is 2.89. The van der Waals surface area contributed by atoms with E-state index >= 15 is 0 Å². The summed E-state index contributed by atoms with van der Waals surface area (Å²) in [5, 5.41) is 6.31. The first-order valence-corrected chi connectivity index (χ1v) is 8.57. The lowest BCUT2D eigenvalue weighted by Crippen LogP contribution is -1.99. The molecule has 0 bridgehead atoms. The Bertz CT molecular complexity index is 922. The summed E-state index contributed by atoms with van der Waals surface area (Å²) in [5.41, 5.74) is 2.55. The summed E-state index contributed by atoms with van der Waals surface area (Å²) in [4.78, 5) is 0. The molecule has 1 unspecified atom stereocenters. The van der Waals surface area contributed by atoms with E-state index in [9.17, 15) is 0 Å². The van der Waals surface area contributed by atoms with Crippen molar-refractivity contribution in [2.45, 2.75) is 0 Å². The van der Waals surface area contributed by atoms with E-state index in [1.807, 2.05) is 0 Å². The second-order valence-electron chi connectivity index (χ2n) is 5.39. The van der Waals surface area contributed by atoms with Crippen LogP contribution in [0, 0.1) is 0 Å². The van der Waals surface area contributed by atoms with Crippen LogP contribution in [0.2, 0.25) is 0 Å². The summed E-state index contributed by atoms with van der Waals surface area (Å²) in [6.07, 6.45) is 0. The van der Waals surface area contributed by atoms with Crippen LogP contribution in [-0.4, -0.2) is 0 Å². The number of rotatable bonds is 1. The summed E-state index contributed by atoms with van der Waals surface area (Å²) in [6.45, 7) is 0. The molecule has 2 heteroatoms. The Morgan fingerprint density at radius 2 is 1.14 bits per heavy atom. The average Bonchev–Trinajstić information content (AvgIpc) is 2.56. The maximum atomic E-state index is 3.76. The molecule has 0 aliphatic carbocycles. The molecular weight excluding hydrogens is 351 g/mol. The normalized spacial score (nSPS) is 11.2. The van der Waals surface area contributed by atoms with Crippen LogP contribution in [0.15, 0.2) is 77.3 Å². The zero-order chi connectivity index (χ0) is 15.1. The van der Waals surface area contributed by atoms with Crippen LogP contribution in [0.4, 0.5) is 0 Å². The van der Waals surface area contributed by atoms with E-state index in [2.05, 4.69) is 98.0 Å². The van der Waals surface area contributed by atoms with Gasteiger partial charge in [0.15, 0.2) is 0 Å². The SMILES string of the molecule is Pc1ccc2ccccc2c1-c1c(Br)ccc2ccccc12. The molecule has 0 amide bonds. The molecule has 0 N–H and O–H groups in total. The first kappa shape index (κ1) is 13.9. The van der Waals surface area contributed by atoms with Crippen LogP contribution in [0.25, 0.3) is 32.7 Å². The number of benzene rings is 4. The van der Waals surface area contributed by atoms with Crippen molar-refractivity contribution in [3.63, 3.8) is 0 Å². The number of halogens is 1. The highest BCUT2D eigenvalue weighted by Crippen LogP contribution is 2.38. The van der Waals surface area contributed by atoms with Gasteiger partial charge in [0.2, 0.25) is 0 Å². The Morgan fingerprint density at radius 3 is 1.82 bits per heavy atom. The van der Waals surface area contributed by atoms with Crippen molar-refractivity contribution >= 4 is 52.0 Å². The predicted molar refractivity (Wildman–Crippen MR) is 104 cm³/mol. The van der Waals surface area contributed by atoms with E-state index in [1.54, 1.807) is 0 Å². The minimum Gasteiger partial charge on any atom is -0.105 e. The zero-order valence-electron chi connectivity index (χ0n) is 11.9. The molecule has 0 heterocycles. The van der Waals surface area contributed by atoms with E-state index in [4.69, 9.17) is 0 Å². The first-order chi connectivity index (χ1) is 10.8. The lowest BCUT2D eigenvalue weighted by Gasteiger charge is -2.15. The summed E-state index contributed by atoms with van der Waals surface area (Å²) >= 11 is 3.76. The quantitative estimate of drug-likeness (QED) is 0.367. The van der Waals surface area contributed by atoms with Crippen molar-refractivity contribution in [2.75, 3.05) is 0 Å². The highest BCUT2D eigenvalue weighted by Gasteiger charge is 2.13. The third kappa shape index (κ3) is 2.17. The van der Waals surface area contributed by atoms with Crippen LogP contribution in [-0.2, 0) is 0 Å². The fourth-order valence-electron chi connectivity index (χ4n) is 3.07. The Hall–Kier alpha value is -1.69. The van der Waals surface area contributed by atoms with Gasteiger partial charge in [-0.25, -0.2) is 0 Å². The zero-order valence-corrected chi connectivity index (χ0v) is 14.6. The van der Waals surface area contributed by atoms with E-state index in [0.29, 0.717) is 0 Å². The van der Waals surface area contributed by atoms with Gasteiger partial charge in [-0.3, -0.25) is 0 Å². The number of hydrogen-bond donors (Lipinski definition) is 0. The van der Waals surface area contributed by atoms with Gasteiger partial charge in [0.05, 0.1) is 0 Å². The van der Waals surface area contributed by atoms with Gasteiger partial charge in [-0.2, -0.15) is 0 Å². The average molecular weight is 365 g/mol. The van der Waals surface area contributed by atoms with Gasteiger partial charge >= 0.3 is 0 Å². The smallest absolute Gasteiger partial charge is 0.0260 e. The molecule has 0 fully saturated rings. The Kier molecular flexibility index (Phi) is 3.48. The largest absolute Gasteiger partial charge is 0.105 e. The lowest BCUT2D eigenvalue weighted by molar-refractivity contribution is 1.67. The molecular formula is C20H14BrP. The van der Waals surface area contributed by atoms with Crippen molar-refractivity contribution in [2.24, 2.45) is 0 Å². The van der Waals surface area contributed by atoms with E-state index in [-0.39, 0.29) is 0 Å². The van der Waals surface area contributed by atoms with Gasteiger partial charge in [0.1, 0.15) is 0 Å². The third-order valence-corrected chi connectivity index (χ3v) is 5.23. The van der Waals surface area contributed by atoms with Crippen molar-refractivity contribution < 1.29 is 0 Å². The Balaban J connectivity index is 2.21. The molecule has 106 valence electrons. The van der Waals surface area contributed by atoms with Crippen LogP contribution in [0.1, 0.15) is 0 Å². The second-order valence-corrected chi connectivity index (χ2v) is 6.87. The van der Waals surface area contributed by atoms with Gasteiger partial charge < -0.3 is 0 Å². The fraction of sp³-hybridized carbons (Fsp3) is 0. The Labute approximate surface area is 140 Å². The standard InChI is InChI=1S/C20H14BrP/c21-17-11-9-13-5-1-3-7-15(13)19(17)20-16-8-4-2-6-14(16)10-12-18(20)22/h1-12H,22H2. The van der Waals surface area contributed by atoms with E-state index in [1.165, 1.54) is 38.0 Å². The molecule has 22 heavy (non-hydrogen) atoms. The lowest BCUT2D eigenvalue weighted by atomic mass is 9.94. The van der Waals surface area contributed by atoms with Gasteiger partial charge in [-0.15, -0.1) is 9.24 Å². The molecule has 0 saturated carbocycles. The molecule has 1 atom stereocenters. The molecule has 0 radical (unpaired) electrons. The van der Waals surface area contributed by atoms with Crippen molar-refractivity contribution in [1.29, 1.82) is 0 Å². The summed E-state index contributed by atoms with van der Waals surface area (Å²) < 4.78 is 1.13. The monoisotopic (exact) mass is 364 g/mol. The van der Waals surface area contributed by atoms with Crippen LogP contribution in [0.3, 0.4) is 0 Å². The minimum atomic E-state index is 1.13. The van der Waals surface area contributed by atoms with Gasteiger partial charge in [0.25, 0.3) is 0 Å². The highest BCUT2D eigenvalue weighted by molar-refractivity contribution is 9.10. The topological polar surface area (TPSA) is 0 Å². The summed E-state index contributed by atoms with van der Waals surface area (Å²) in [5.74, 6) is 0. The van der Waals surface area contributed by atoms with E-state index < -0.39 is 0 Å². The molecule has 0 saturated heterocycles. The van der Waals surface area contributed by atoms with Crippen LogP contribution < -0.4 is 5.30 Å². The molecule has 0 aliphatic rings. The van der Waals surface area contributed by atoms with Crippen molar-refractivity contribution in [1.82, 2.24) is 0 Å². The fourth-order valence-corrected chi connectivity index (χ4v) is 4.01. The molecule has 0 nitrogen and oxygen atoms in total. The van der Waals surface area contributed by atoms with E-state index in [0.717, 1.165) is 4.47 Å². The predicted octanol–water partition coefficient (Wildman–Crippen LogP) is 5.92. The molecule has 4 rings (SSSR count). The summed E-state index contributed by atoms with van der Waals surface area (Å²) in [6, 6.07) is 25.8. The maximum Gasteiger partial charge on any atom is 0.0260 e. The number of hydrogen-bond acceptors (Lipinski definition) is 0. The minimum absolute atomic E-state index is 1.13. The highest BCUT2D eigenvalue weighted by atomic mass is 79.9. The second kappa shape index (κ2) is 5.50. The molecule has 4 aromatic carbocycles. The Morgan fingerprint density at radius 1 is 0.591 bits per heavy atom. The molecule has 0 aliphatic heterocycles. The molecule has 0 spiro atoms. The number of fused-ring (bicyclic) bond motifs is 2. The molecule has 0 aromatic heterocycles. The maximum absolute atomic E-state index is 3.76. The van der Waals surface area contributed by atoms with Crippen LogP contribution in [0.5, 0.6) is 0 Å². The molecule has 4 aromatic rings. The van der Waals surface area contributed by atoms with Gasteiger partial charge in [0, 0.05) is 10.0 Å². The third-order valence-electron chi connectivity index (χ3n) is 4.09. The van der Waals surface area contributed by atoms with Gasteiger partial charge in [-0.05, 0) is 38.5 Å². The first-order valence-electron chi connectivity index (χ1n) is 7.20. The van der Waals surface area contributed by atoms with Crippen molar-refractivity contribution in [3.8, 4) is 11.1 Å². The van der Waals surface area contributed by atoms with Crippen LogP contribution >= 0.6 is 25.2 Å². The van der Waals surface area contributed by atoms with Crippen molar-refractivity contribution in [3.05, 3.63) is 77.3 Å².